The zero-order chi connectivity index (χ0) is 20.2. The van der Waals surface area contributed by atoms with Crippen molar-refractivity contribution in [1.29, 1.82) is 0 Å². The summed E-state index contributed by atoms with van der Waals surface area (Å²) in [4.78, 5) is 14.1. The van der Waals surface area contributed by atoms with Crippen molar-refractivity contribution in [3.8, 4) is 0 Å². The van der Waals surface area contributed by atoms with Crippen LogP contribution in [0.4, 0.5) is 15.8 Å². The number of sulfonamides is 1. The van der Waals surface area contributed by atoms with Gasteiger partial charge in [0.15, 0.2) is 0 Å². The molecule has 8 heteroatoms. The SMILES string of the molecule is CN(C)c1ccc(S(=O)(=O)N(C)C)cc1NC(=O)/C=C/c1ccc(F)cc1. The molecule has 0 spiro atoms. The molecular formula is C19H22FN3O3S. The second-order valence-corrected chi connectivity index (χ2v) is 8.39. The number of anilines is 2. The van der Waals surface area contributed by atoms with E-state index in [9.17, 15) is 17.6 Å². The van der Waals surface area contributed by atoms with Crippen molar-refractivity contribution >= 4 is 33.4 Å². The highest BCUT2D eigenvalue weighted by Gasteiger charge is 2.19. The smallest absolute Gasteiger partial charge is 0.248 e. The first-order valence-corrected chi connectivity index (χ1v) is 9.54. The van der Waals surface area contributed by atoms with E-state index in [-0.39, 0.29) is 10.7 Å². The first-order chi connectivity index (χ1) is 12.6. The van der Waals surface area contributed by atoms with Crippen LogP contribution in [0.2, 0.25) is 0 Å². The van der Waals surface area contributed by atoms with E-state index in [1.807, 2.05) is 0 Å². The van der Waals surface area contributed by atoms with Crippen LogP contribution in [-0.4, -0.2) is 46.8 Å². The molecule has 0 aliphatic rings. The van der Waals surface area contributed by atoms with Gasteiger partial charge in [-0.15, -0.1) is 0 Å². The molecule has 0 aliphatic heterocycles. The van der Waals surface area contributed by atoms with Crippen molar-refractivity contribution < 1.29 is 17.6 Å². The average Bonchev–Trinajstić information content (AvgIpc) is 2.60. The molecular weight excluding hydrogens is 369 g/mol. The molecule has 0 radical (unpaired) electrons. The number of carbonyl (C=O) groups excluding carboxylic acids is 1. The normalized spacial score (nSPS) is 11.8. The van der Waals surface area contributed by atoms with Crippen LogP contribution in [-0.2, 0) is 14.8 Å². The molecule has 1 N–H and O–H groups in total. The van der Waals surface area contributed by atoms with Crippen LogP contribution in [0.25, 0.3) is 6.08 Å². The Labute approximate surface area is 159 Å². The van der Waals surface area contributed by atoms with Gasteiger partial charge in [0.05, 0.1) is 16.3 Å². The highest BCUT2D eigenvalue weighted by Crippen LogP contribution is 2.28. The molecule has 2 rings (SSSR count). The minimum absolute atomic E-state index is 0.0796. The number of halogens is 1. The van der Waals surface area contributed by atoms with E-state index < -0.39 is 15.9 Å². The Bertz CT molecular complexity index is 953. The molecule has 0 bridgehead atoms. The molecule has 0 saturated carbocycles. The third-order valence-corrected chi connectivity index (χ3v) is 5.59. The summed E-state index contributed by atoms with van der Waals surface area (Å²) in [5.41, 5.74) is 1.70. The summed E-state index contributed by atoms with van der Waals surface area (Å²) >= 11 is 0. The van der Waals surface area contributed by atoms with Crippen LogP contribution in [0.1, 0.15) is 5.56 Å². The molecule has 2 aromatic carbocycles. The predicted molar refractivity (Wildman–Crippen MR) is 106 cm³/mol. The van der Waals surface area contributed by atoms with Crippen LogP contribution < -0.4 is 10.2 Å². The number of nitrogens with zero attached hydrogens (tertiary/aromatic N) is 2. The second kappa shape index (κ2) is 8.32. The minimum Gasteiger partial charge on any atom is -0.376 e. The van der Waals surface area contributed by atoms with Crippen LogP contribution in [0, 0.1) is 5.82 Å². The molecule has 0 saturated heterocycles. The van der Waals surface area contributed by atoms with Gasteiger partial charge in [-0.05, 0) is 42.0 Å². The standard InChI is InChI=1S/C19H22FN3O3S/c1-22(2)18-11-10-16(27(25,26)23(3)4)13-17(18)21-19(24)12-7-14-5-8-15(20)9-6-14/h5-13H,1-4H3,(H,21,24)/b12-7+. The number of hydrogen-bond acceptors (Lipinski definition) is 4. The average molecular weight is 391 g/mol. The van der Waals surface area contributed by atoms with E-state index in [0.717, 1.165) is 4.31 Å². The highest BCUT2D eigenvalue weighted by atomic mass is 32.2. The summed E-state index contributed by atoms with van der Waals surface area (Å²) in [6.45, 7) is 0. The monoisotopic (exact) mass is 391 g/mol. The third kappa shape index (κ3) is 5.15. The third-order valence-electron chi connectivity index (χ3n) is 3.78. The Balaban J connectivity index is 2.29. The Morgan fingerprint density at radius 2 is 1.67 bits per heavy atom. The molecule has 0 aliphatic carbocycles. The summed E-state index contributed by atoms with van der Waals surface area (Å²) in [7, 11) is 2.84. The molecule has 0 heterocycles. The van der Waals surface area contributed by atoms with Gasteiger partial charge in [-0.2, -0.15) is 0 Å². The fourth-order valence-electron chi connectivity index (χ4n) is 2.30. The van der Waals surface area contributed by atoms with Gasteiger partial charge in [0, 0.05) is 34.3 Å². The van der Waals surface area contributed by atoms with Crippen LogP contribution in [0.5, 0.6) is 0 Å². The molecule has 6 nitrogen and oxygen atoms in total. The summed E-state index contributed by atoms with van der Waals surface area (Å²) in [6.07, 6.45) is 2.85. The van der Waals surface area contributed by atoms with Crippen LogP contribution in [0.15, 0.2) is 53.4 Å². The Morgan fingerprint density at radius 3 is 2.22 bits per heavy atom. The lowest BCUT2D eigenvalue weighted by Crippen LogP contribution is -2.23. The number of benzene rings is 2. The number of hydrogen-bond donors (Lipinski definition) is 1. The molecule has 0 aromatic heterocycles. The summed E-state index contributed by atoms with van der Waals surface area (Å²) in [5.74, 6) is -0.784. The van der Waals surface area contributed by atoms with E-state index in [2.05, 4.69) is 5.32 Å². The van der Waals surface area contributed by atoms with Crippen molar-refractivity contribution in [3.63, 3.8) is 0 Å². The summed E-state index contributed by atoms with van der Waals surface area (Å²) < 4.78 is 38.7. The maximum atomic E-state index is 12.9. The van der Waals surface area contributed by atoms with Crippen molar-refractivity contribution in [2.75, 3.05) is 38.4 Å². The highest BCUT2D eigenvalue weighted by molar-refractivity contribution is 7.89. The lowest BCUT2D eigenvalue weighted by Gasteiger charge is -2.19. The molecule has 144 valence electrons. The summed E-state index contributed by atoms with van der Waals surface area (Å²) in [5, 5.41) is 2.70. The maximum absolute atomic E-state index is 12.9. The van der Waals surface area contributed by atoms with Gasteiger partial charge in [-0.1, -0.05) is 12.1 Å². The molecule has 0 unspecified atom stereocenters. The van der Waals surface area contributed by atoms with Gasteiger partial charge in [0.25, 0.3) is 0 Å². The lowest BCUT2D eigenvalue weighted by atomic mass is 10.2. The minimum atomic E-state index is -3.63. The van der Waals surface area contributed by atoms with Gasteiger partial charge < -0.3 is 10.2 Å². The quantitative estimate of drug-likeness (QED) is 0.769. The van der Waals surface area contributed by atoms with Gasteiger partial charge in [-0.3, -0.25) is 4.79 Å². The van der Waals surface area contributed by atoms with Gasteiger partial charge in [0.1, 0.15) is 5.82 Å². The van der Waals surface area contributed by atoms with Crippen molar-refractivity contribution in [2.24, 2.45) is 0 Å². The lowest BCUT2D eigenvalue weighted by molar-refractivity contribution is -0.111. The number of carbonyl (C=O) groups is 1. The van der Waals surface area contributed by atoms with Gasteiger partial charge in [0.2, 0.25) is 15.9 Å². The first kappa shape index (κ1) is 20.6. The largest absolute Gasteiger partial charge is 0.376 e. The van der Waals surface area contributed by atoms with Crippen molar-refractivity contribution in [2.45, 2.75) is 4.90 Å². The van der Waals surface area contributed by atoms with E-state index in [0.29, 0.717) is 16.9 Å². The molecule has 1 amide bonds. The van der Waals surface area contributed by atoms with Crippen molar-refractivity contribution in [1.82, 2.24) is 4.31 Å². The van der Waals surface area contributed by atoms with E-state index >= 15 is 0 Å². The summed E-state index contributed by atoms with van der Waals surface area (Å²) in [6, 6.07) is 10.3. The molecule has 0 fully saturated rings. The molecule has 0 atom stereocenters. The van der Waals surface area contributed by atoms with Crippen molar-refractivity contribution in [3.05, 3.63) is 59.9 Å². The Morgan fingerprint density at radius 1 is 1.04 bits per heavy atom. The first-order valence-electron chi connectivity index (χ1n) is 8.10. The number of nitrogens with one attached hydrogen (secondary N) is 1. The predicted octanol–water partition coefficient (Wildman–Crippen LogP) is 2.79. The maximum Gasteiger partial charge on any atom is 0.248 e. The number of rotatable bonds is 6. The topological polar surface area (TPSA) is 69.7 Å². The van der Waals surface area contributed by atoms with E-state index in [1.54, 1.807) is 43.3 Å². The molecule has 2 aromatic rings. The zero-order valence-electron chi connectivity index (χ0n) is 15.6. The Hall–Kier alpha value is -2.71. The fourth-order valence-corrected chi connectivity index (χ4v) is 3.23. The van der Waals surface area contributed by atoms with Gasteiger partial charge in [-0.25, -0.2) is 17.1 Å². The zero-order valence-corrected chi connectivity index (χ0v) is 16.4. The van der Waals surface area contributed by atoms with Crippen LogP contribution >= 0.6 is 0 Å². The van der Waals surface area contributed by atoms with Crippen LogP contribution in [0.3, 0.4) is 0 Å². The number of amides is 1. The second-order valence-electron chi connectivity index (χ2n) is 6.23. The Kier molecular flexibility index (Phi) is 6.35. The fraction of sp³-hybridized carbons (Fsp3) is 0.211. The molecule has 27 heavy (non-hydrogen) atoms. The van der Waals surface area contributed by atoms with E-state index in [1.165, 1.54) is 44.4 Å². The van der Waals surface area contributed by atoms with E-state index in [4.69, 9.17) is 0 Å². The van der Waals surface area contributed by atoms with Gasteiger partial charge >= 0.3 is 0 Å².